The van der Waals surface area contributed by atoms with Gasteiger partial charge in [-0.05, 0) is 33.1 Å². The van der Waals surface area contributed by atoms with Crippen LogP contribution in [0.3, 0.4) is 0 Å². The van der Waals surface area contributed by atoms with Crippen LogP contribution in [0.25, 0.3) is 0 Å². The Morgan fingerprint density at radius 2 is 2.29 bits per heavy atom. The van der Waals surface area contributed by atoms with Crippen molar-refractivity contribution in [3.8, 4) is 0 Å². The molecule has 14 heavy (non-hydrogen) atoms. The van der Waals surface area contributed by atoms with Gasteiger partial charge >= 0.3 is 0 Å². The number of aliphatic imine (C=N–C) groups is 1. The maximum Gasteiger partial charge on any atom is 0.191 e. The smallest absolute Gasteiger partial charge is 0.191 e. The van der Waals surface area contributed by atoms with Crippen molar-refractivity contribution in [1.82, 2.24) is 10.6 Å². The number of aliphatic hydroxyl groups excluding tert-OH is 1. The summed E-state index contributed by atoms with van der Waals surface area (Å²) in [6.07, 6.45) is 2.83. The molecule has 0 saturated heterocycles. The van der Waals surface area contributed by atoms with Gasteiger partial charge in [0.1, 0.15) is 0 Å². The van der Waals surface area contributed by atoms with E-state index >= 15 is 0 Å². The molecular formula is C10H21N3O. The van der Waals surface area contributed by atoms with Crippen LogP contribution in [0.4, 0.5) is 0 Å². The highest BCUT2D eigenvalue weighted by Crippen LogP contribution is 1.98. The van der Waals surface area contributed by atoms with Crippen LogP contribution in [-0.2, 0) is 0 Å². The second kappa shape index (κ2) is 5.86. The number of aliphatic hydroxyl groups is 1. The highest BCUT2D eigenvalue weighted by Gasteiger charge is 2.09. The zero-order valence-electron chi connectivity index (χ0n) is 9.08. The molecule has 0 saturated carbocycles. The molecule has 2 atom stereocenters. The summed E-state index contributed by atoms with van der Waals surface area (Å²) in [5.41, 5.74) is 0. The summed E-state index contributed by atoms with van der Waals surface area (Å²) in [6, 6.07) is 0.263. The molecule has 0 bridgehead atoms. The minimum atomic E-state index is -0.260. The molecule has 0 amide bonds. The molecule has 4 heteroatoms. The summed E-state index contributed by atoms with van der Waals surface area (Å²) < 4.78 is 0. The second-order valence-electron chi connectivity index (χ2n) is 3.99. The molecule has 82 valence electrons. The molecule has 3 N–H and O–H groups in total. The van der Waals surface area contributed by atoms with E-state index in [9.17, 15) is 5.11 Å². The van der Waals surface area contributed by atoms with Crippen molar-refractivity contribution in [2.75, 3.05) is 13.1 Å². The predicted octanol–water partition coefficient (Wildman–Crippen LogP) is 0.475. The van der Waals surface area contributed by atoms with Crippen molar-refractivity contribution >= 4 is 5.96 Å². The average Bonchev–Trinajstić information content (AvgIpc) is 2.31. The molecule has 1 rings (SSSR count). The molecule has 1 aliphatic heterocycles. The van der Waals surface area contributed by atoms with Gasteiger partial charge < -0.3 is 15.7 Å². The molecule has 0 aromatic carbocycles. The van der Waals surface area contributed by atoms with E-state index in [0.29, 0.717) is 0 Å². The highest BCUT2D eigenvalue weighted by atomic mass is 16.3. The Bertz CT molecular complexity index is 192. The normalized spacial score (nSPS) is 21.5. The van der Waals surface area contributed by atoms with Gasteiger partial charge in [-0.2, -0.15) is 0 Å². The Kier molecular flexibility index (Phi) is 4.73. The van der Waals surface area contributed by atoms with Gasteiger partial charge in [0.05, 0.1) is 6.10 Å². The monoisotopic (exact) mass is 199 g/mol. The zero-order valence-corrected chi connectivity index (χ0v) is 9.08. The standard InChI is InChI=1S/C10H21N3O/c1-8(7-9(2)14)13-10-11-5-3-4-6-12-10/h8-9,14H,3-7H2,1-2H3,(H2,11,12,13). The third-order valence-corrected chi connectivity index (χ3v) is 2.23. The molecule has 1 aliphatic rings. The quantitative estimate of drug-likeness (QED) is 0.619. The maximum absolute atomic E-state index is 9.21. The van der Waals surface area contributed by atoms with E-state index in [0.717, 1.165) is 31.9 Å². The van der Waals surface area contributed by atoms with Crippen LogP contribution in [0.5, 0.6) is 0 Å². The Morgan fingerprint density at radius 1 is 1.50 bits per heavy atom. The van der Waals surface area contributed by atoms with Crippen molar-refractivity contribution in [2.24, 2.45) is 4.99 Å². The largest absolute Gasteiger partial charge is 0.393 e. The van der Waals surface area contributed by atoms with Crippen molar-refractivity contribution in [2.45, 2.75) is 45.3 Å². The molecule has 2 unspecified atom stereocenters. The number of nitrogens with one attached hydrogen (secondary N) is 2. The van der Waals surface area contributed by atoms with Crippen LogP contribution in [0.1, 0.15) is 33.1 Å². The molecule has 0 aromatic heterocycles. The van der Waals surface area contributed by atoms with Crippen LogP contribution in [-0.4, -0.2) is 36.3 Å². The summed E-state index contributed by atoms with van der Waals surface area (Å²) >= 11 is 0. The lowest BCUT2D eigenvalue weighted by Gasteiger charge is -2.18. The summed E-state index contributed by atoms with van der Waals surface area (Å²) in [5, 5.41) is 15.7. The summed E-state index contributed by atoms with van der Waals surface area (Å²) in [7, 11) is 0. The van der Waals surface area contributed by atoms with Crippen LogP contribution in [0.15, 0.2) is 4.99 Å². The molecule has 0 radical (unpaired) electrons. The van der Waals surface area contributed by atoms with Crippen LogP contribution < -0.4 is 10.6 Å². The van der Waals surface area contributed by atoms with E-state index in [4.69, 9.17) is 0 Å². The number of hydrogen-bond donors (Lipinski definition) is 3. The molecule has 1 heterocycles. The van der Waals surface area contributed by atoms with E-state index in [1.807, 2.05) is 0 Å². The topological polar surface area (TPSA) is 56.6 Å². The highest BCUT2D eigenvalue weighted by molar-refractivity contribution is 5.80. The molecule has 0 spiro atoms. The fourth-order valence-corrected chi connectivity index (χ4v) is 1.59. The first-order valence-electron chi connectivity index (χ1n) is 5.41. The van der Waals surface area contributed by atoms with Crippen LogP contribution in [0, 0.1) is 0 Å². The summed E-state index contributed by atoms with van der Waals surface area (Å²) in [6.45, 7) is 5.76. The number of hydrogen-bond acceptors (Lipinski definition) is 4. The maximum atomic E-state index is 9.21. The van der Waals surface area contributed by atoms with Crippen molar-refractivity contribution in [3.63, 3.8) is 0 Å². The van der Waals surface area contributed by atoms with Crippen LogP contribution >= 0.6 is 0 Å². The Hall–Kier alpha value is -0.770. The van der Waals surface area contributed by atoms with E-state index in [1.165, 1.54) is 6.42 Å². The third kappa shape index (κ3) is 4.46. The zero-order chi connectivity index (χ0) is 10.4. The molecule has 0 aromatic rings. The Balaban J connectivity index is 2.30. The molecule has 0 fully saturated rings. The van der Waals surface area contributed by atoms with Gasteiger partial charge in [-0.3, -0.25) is 4.99 Å². The fourth-order valence-electron chi connectivity index (χ4n) is 1.59. The fraction of sp³-hybridized carbons (Fsp3) is 0.900. The SMILES string of the molecule is CC(O)CC(C)NC1=NCCCCN1. The summed E-state index contributed by atoms with van der Waals surface area (Å²) in [5.74, 6) is 0.885. The van der Waals surface area contributed by atoms with Crippen LogP contribution in [0.2, 0.25) is 0 Å². The molecular weight excluding hydrogens is 178 g/mol. The first kappa shape index (κ1) is 11.3. The second-order valence-corrected chi connectivity index (χ2v) is 3.99. The number of guanidine groups is 1. The van der Waals surface area contributed by atoms with Gasteiger partial charge in [0.15, 0.2) is 5.96 Å². The van der Waals surface area contributed by atoms with E-state index in [1.54, 1.807) is 6.92 Å². The number of rotatable bonds is 3. The minimum absolute atomic E-state index is 0.260. The summed E-state index contributed by atoms with van der Waals surface area (Å²) in [4.78, 5) is 4.38. The third-order valence-electron chi connectivity index (χ3n) is 2.23. The van der Waals surface area contributed by atoms with Crippen molar-refractivity contribution < 1.29 is 5.11 Å². The van der Waals surface area contributed by atoms with Crippen molar-refractivity contribution in [3.05, 3.63) is 0 Å². The minimum Gasteiger partial charge on any atom is -0.393 e. The Morgan fingerprint density at radius 3 is 3.00 bits per heavy atom. The molecule has 4 nitrogen and oxygen atoms in total. The predicted molar refractivity (Wildman–Crippen MR) is 58.4 cm³/mol. The molecule has 0 aliphatic carbocycles. The van der Waals surface area contributed by atoms with E-state index in [-0.39, 0.29) is 12.1 Å². The van der Waals surface area contributed by atoms with Gasteiger partial charge in [-0.15, -0.1) is 0 Å². The van der Waals surface area contributed by atoms with Gasteiger partial charge in [0, 0.05) is 19.1 Å². The van der Waals surface area contributed by atoms with Crippen molar-refractivity contribution in [1.29, 1.82) is 0 Å². The lowest BCUT2D eigenvalue weighted by atomic mass is 10.2. The first-order valence-corrected chi connectivity index (χ1v) is 5.41. The van der Waals surface area contributed by atoms with Gasteiger partial charge in [-0.25, -0.2) is 0 Å². The first-order chi connectivity index (χ1) is 6.68. The Labute approximate surface area is 85.8 Å². The van der Waals surface area contributed by atoms with E-state index in [2.05, 4.69) is 22.5 Å². The van der Waals surface area contributed by atoms with Gasteiger partial charge in [0.25, 0.3) is 0 Å². The average molecular weight is 199 g/mol. The van der Waals surface area contributed by atoms with Gasteiger partial charge in [0.2, 0.25) is 0 Å². The van der Waals surface area contributed by atoms with E-state index < -0.39 is 0 Å². The lowest BCUT2D eigenvalue weighted by molar-refractivity contribution is 0.174. The lowest BCUT2D eigenvalue weighted by Crippen LogP contribution is -2.43. The number of nitrogens with zero attached hydrogens (tertiary/aromatic N) is 1. The van der Waals surface area contributed by atoms with Gasteiger partial charge in [-0.1, -0.05) is 0 Å².